The quantitative estimate of drug-likeness (QED) is 0.755. The number of fused-ring (bicyclic) bond motifs is 1. The zero-order valence-corrected chi connectivity index (χ0v) is 11.5. The average Bonchev–Trinajstić information content (AvgIpc) is 2.89. The fourth-order valence-electron chi connectivity index (χ4n) is 2.36. The van der Waals surface area contributed by atoms with Crippen LogP contribution in [-0.2, 0) is 19.7 Å². The lowest BCUT2D eigenvalue weighted by Gasteiger charge is -2.07. The summed E-state index contributed by atoms with van der Waals surface area (Å²) in [6.45, 7) is 1.22. The van der Waals surface area contributed by atoms with Crippen molar-refractivity contribution >= 4 is 11.0 Å². The molecule has 0 aliphatic rings. The first-order valence-electron chi connectivity index (χ1n) is 6.82. The van der Waals surface area contributed by atoms with E-state index in [0.717, 1.165) is 22.3 Å². The third-order valence-corrected chi connectivity index (χ3v) is 3.43. The Balaban J connectivity index is 1.66. The molecule has 0 fully saturated rings. The van der Waals surface area contributed by atoms with E-state index in [4.69, 9.17) is 4.42 Å². The lowest BCUT2D eigenvalue weighted by molar-refractivity contribution is 0.280. The van der Waals surface area contributed by atoms with Gasteiger partial charge in [-0.3, -0.25) is 0 Å². The third-order valence-electron chi connectivity index (χ3n) is 3.43. The van der Waals surface area contributed by atoms with E-state index >= 15 is 0 Å². The second-order valence-electron chi connectivity index (χ2n) is 4.93. The maximum Gasteiger partial charge on any atom is 0.134 e. The van der Waals surface area contributed by atoms with Gasteiger partial charge in [-0.05, 0) is 35.4 Å². The summed E-state index contributed by atoms with van der Waals surface area (Å²) in [7, 11) is 0. The van der Waals surface area contributed by atoms with Gasteiger partial charge < -0.3 is 14.8 Å². The molecule has 0 radical (unpaired) electrons. The van der Waals surface area contributed by atoms with Crippen molar-refractivity contribution in [2.75, 3.05) is 0 Å². The molecule has 0 bridgehead atoms. The summed E-state index contributed by atoms with van der Waals surface area (Å²) in [5, 5.41) is 13.3. The van der Waals surface area contributed by atoms with Gasteiger partial charge in [0.1, 0.15) is 17.2 Å². The van der Waals surface area contributed by atoms with E-state index in [-0.39, 0.29) is 12.4 Å². The Morgan fingerprint density at radius 2 is 1.81 bits per heavy atom. The van der Waals surface area contributed by atoms with Crippen LogP contribution in [0, 0.1) is 5.82 Å². The summed E-state index contributed by atoms with van der Waals surface area (Å²) >= 11 is 0. The van der Waals surface area contributed by atoms with Crippen LogP contribution in [0.25, 0.3) is 11.0 Å². The number of aliphatic hydroxyl groups excluding tert-OH is 1. The van der Waals surface area contributed by atoms with Gasteiger partial charge in [-0.25, -0.2) is 4.39 Å². The molecule has 0 unspecified atom stereocenters. The molecule has 3 rings (SSSR count). The van der Waals surface area contributed by atoms with Gasteiger partial charge in [0.05, 0.1) is 13.2 Å². The van der Waals surface area contributed by atoms with Crippen molar-refractivity contribution in [3.8, 4) is 0 Å². The molecule has 0 saturated heterocycles. The van der Waals surface area contributed by atoms with Crippen molar-refractivity contribution in [2.45, 2.75) is 19.7 Å². The molecule has 0 atom stereocenters. The topological polar surface area (TPSA) is 45.4 Å². The molecule has 21 heavy (non-hydrogen) atoms. The van der Waals surface area contributed by atoms with Crippen LogP contribution in [0.5, 0.6) is 0 Å². The minimum atomic E-state index is -0.264. The minimum absolute atomic E-state index is 0.0295. The number of halogens is 1. The van der Waals surface area contributed by atoms with Gasteiger partial charge in [0.25, 0.3) is 0 Å². The van der Waals surface area contributed by atoms with Crippen molar-refractivity contribution in [2.24, 2.45) is 0 Å². The molecular weight excluding hydrogens is 269 g/mol. The smallest absolute Gasteiger partial charge is 0.134 e. The molecular formula is C17H16FNO2. The van der Waals surface area contributed by atoms with Gasteiger partial charge in [0, 0.05) is 11.9 Å². The van der Waals surface area contributed by atoms with E-state index in [1.807, 2.05) is 30.3 Å². The van der Waals surface area contributed by atoms with E-state index in [1.54, 1.807) is 6.07 Å². The number of benzene rings is 2. The Bertz CT molecular complexity index is 751. The molecule has 3 aromatic rings. The number of rotatable bonds is 5. The van der Waals surface area contributed by atoms with Crippen LogP contribution in [0.15, 0.2) is 52.9 Å². The first-order chi connectivity index (χ1) is 10.3. The van der Waals surface area contributed by atoms with Crippen LogP contribution in [0.4, 0.5) is 4.39 Å². The van der Waals surface area contributed by atoms with Crippen LogP contribution in [0.3, 0.4) is 0 Å². The van der Waals surface area contributed by atoms with Crippen LogP contribution < -0.4 is 5.32 Å². The van der Waals surface area contributed by atoms with Gasteiger partial charge in [-0.1, -0.05) is 24.3 Å². The normalized spacial score (nSPS) is 11.1. The van der Waals surface area contributed by atoms with Crippen LogP contribution in [0.1, 0.15) is 16.9 Å². The highest BCUT2D eigenvalue weighted by atomic mass is 19.1. The van der Waals surface area contributed by atoms with Gasteiger partial charge >= 0.3 is 0 Å². The molecule has 1 heterocycles. The summed E-state index contributed by atoms with van der Waals surface area (Å²) in [6, 6.07) is 14.1. The predicted molar refractivity (Wildman–Crippen MR) is 79.1 cm³/mol. The number of aliphatic hydroxyl groups is 1. The van der Waals surface area contributed by atoms with Crippen molar-refractivity contribution in [1.29, 1.82) is 0 Å². The molecule has 4 heteroatoms. The lowest BCUT2D eigenvalue weighted by atomic mass is 10.1. The van der Waals surface area contributed by atoms with E-state index < -0.39 is 0 Å². The zero-order chi connectivity index (χ0) is 14.7. The summed E-state index contributed by atoms with van der Waals surface area (Å²) < 4.78 is 18.8. The van der Waals surface area contributed by atoms with Gasteiger partial charge in [-0.2, -0.15) is 0 Å². The van der Waals surface area contributed by atoms with Crippen LogP contribution in [-0.4, -0.2) is 5.11 Å². The SMILES string of the molecule is OCc1ccccc1CNCc1cc2cc(F)ccc2o1. The fraction of sp³-hybridized carbons (Fsp3) is 0.176. The Labute approximate surface area is 122 Å². The molecule has 0 saturated carbocycles. The highest BCUT2D eigenvalue weighted by molar-refractivity contribution is 5.77. The predicted octanol–water partition coefficient (Wildman–Crippen LogP) is 3.35. The molecule has 0 aliphatic carbocycles. The van der Waals surface area contributed by atoms with Gasteiger partial charge in [-0.15, -0.1) is 0 Å². The minimum Gasteiger partial charge on any atom is -0.460 e. The van der Waals surface area contributed by atoms with Gasteiger partial charge in [0.2, 0.25) is 0 Å². The number of furan rings is 1. The van der Waals surface area contributed by atoms with E-state index in [2.05, 4.69) is 5.32 Å². The highest BCUT2D eigenvalue weighted by Crippen LogP contribution is 2.20. The molecule has 0 spiro atoms. The summed E-state index contributed by atoms with van der Waals surface area (Å²) in [6.07, 6.45) is 0. The molecule has 0 amide bonds. The first kappa shape index (κ1) is 13.8. The number of hydrogen-bond acceptors (Lipinski definition) is 3. The third kappa shape index (κ3) is 3.12. The Kier molecular flexibility index (Phi) is 3.99. The van der Waals surface area contributed by atoms with Crippen LogP contribution >= 0.6 is 0 Å². The maximum absolute atomic E-state index is 13.1. The molecule has 108 valence electrons. The van der Waals surface area contributed by atoms with Crippen molar-refractivity contribution < 1.29 is 13.9 Å². The van der Waals surface area contributed by atoms with Crippen LogP contribution in [0.2, 0.25) is 0 Å². The van der Waals surface area contributed by atoms with Crippen molar-refractivity contribution in [1.82, 2.24) is 5.32 Å². The summed E-state index contributed by atoms with van der Waals surface area (Å²) in [4.78, 5) is 0. The van der Waals surface area contributed by atoms with Gasteiger partial charge in [0.15, 0.2) is 0 Å². The zero-order valence-electron chi connectivity index (χ0n) is 11.5. The highest BCUT2D eigenvalue weighted by Gasteiger charge is 2.05. The molecule has 1 aromatic heterocycles. The van der Waals surface area contributed by atoms with Crippen molar-refractivity contribution in [3.05, 3.63) is 71.2 Å². The first-order valence-corrected chi connectivity index (χ1v) is 6.82. The average molecular weight is 285 g/mol. The molecule has 2 N–H and O–H groups in total. The van der Waals surface area contributed by atoms with E-state index in [1.165, 1.54) is 12.1 Å². The standard InChI is InChI=1S/C17H16FNO2/c18-15-5-6-17-14(7-15)8-16(21-17)10-19-9-12-3-1-2-4-13(12)11-20/h1-8,19-20H,9-11H2. The molecule has 0 aliphatic heterocycles. The number of nitrogens with one attached hydrogen (secondary N) is 1. The number of hydrogen-bond donors (Lipinski definition) is 2. The van der Waals surface area contributed by atoms with Crippen molar-refractivity contribution in [3.63, 3.8) is 0 Å². The van der Waals surface area contributed by atoms with E-state index in [0.29, 0.717) is 18.7 Å². The largest absolute Gasteiger partial charge is 0.460 e. The maximum atomic E-state index is 13.1. The summed E-state index contributed by atoms with van der Waals surface area (Å²) in [5.74, 6) is 0.497. The monoisotopic (exact) mass is 285 g/mol. The molecule has 3 nitrogen and oxygen atoms in total. The summed E-state index contributed by atoms with van der Waals surface area (Å²) in [5.41, 5.74) is 2.66. The Hall–Kier alpha value is -2.17. The molecule has 2 aromatic carbocycles. The Morgan fingerprint density at radius 1 is 1.00 bits per heavy atom. The second kappa shape index (κ2) is 6.08. The lowest BCUT2D eigenvalue weighted by Crippen LogP contribution is -2.13. The Morgan fingerprint density at radius 3 is 2.62 bits per heavy atom. The second-order valence-corrected chi connectivity index (χ2v) is 4.93. The van der Waals surface area contributed by atoms with E-state index in [9.17, 15) is 9.50 Å². The fourth-order valence-corrected chi connectivity index (χ4v) is 2.36.